The molecule has 180 valence electrons. The Hall–Kier alpha value is -2.86. The van der Waals surface area contributed by atoms with Crippen LogP contribution in [-0.2, 0) is 13.0 Å². The Bertz CT molecular complexity index is 1310. The minimum atomic E-state index is -0.0324. The minimum Gasteiger partial charge on any atom is -0.351 e. The number of nitrogens with one attached hydrogen (secondary N) is 1. The van der Waals surface area contributed by atoms with Gasteiger partial charge >= 0.3 is 0 Å². The third kappa shape index (κ3) is 5.69. The fourth-order valence-electron chi connectivity index (χ4n) is 4.64. The predicted octanol–water partition coefficient (Wildman–Crippen LogP) is 5.81. The van der Waals surface area contributed by atoms with Crippen molar-refractivity contribution in [3.63, 3.8) is 0 Å². The van der Waals surface area contributed by atoms with Crippen LogP contribution in [0.3, 0.4) is 0 Å². The molecule has 0 radical (unpaired) electrons. The molecule has 1 aromatic heterocycles. The molecule has 5 rings (SSSR count). The maximum absolute atomic E-state index is 12.6. The van der Waals surface area contributed by atoms with Crippen molar-refractivity contribution in [1.29, 1.82) is 0 Å². The summed E-state index contributed by atoms with van der Waals surface area (Å²) < 4.78 is 2.18. The molecule has 7 heteroatoms. The summed E-state index contributed by atoms with van der Waals surface area (Å²) in [5, 5.41) is 4.04. The zero-order chi connectivity index (χ0) is 24.2. The molecule has 0 unspecified atom stereocenters. The van der Waals surface area contributed by atoms with Crippen LogP contribution in [0.5, 0.6) is 0 Å². The molecule has 1 aliphatic heterocycles. The van der Waals surface area contributed by atoms with E-state index in [0.29, 0.717) is 35.1 Å². The first-order chi connectivity index (χ1) is 17.1. The Balaban J connectivity index is 1.33. The average molecular weight is 507 g/mol. The molecule has 0 atom stereocenters. The van der Waals surface area contributed by atoms with Gasteiger partial charge in [-0.25, -0.2) is 4.98 Å². The Morgan fingerprint density at radius 2 is 1.63 bits per heavy atom. The van der Waals surface area contributed by atoms with Crippen molar-refractivity contribution < 1.29 is 4.79 Å². The maximum atomic E-state index is 12.6. The lowest BCUT2D eigenvalue weighted by atomic mass is 10.1. The van der Waals surface area contributed by atoms with Gasteiger partial charge in [0, 0.05) is 31.6 Å². The van der Waals surface area contributed by atoms with Crippen LogP contribution >= 0.6 is 23.2 Å². The van der Waals surface area contributed by atoms with Crippen molar-refractivity contribution in [3.05, 3.63) is 99.3 Å². The second-order valence-electron chi connectivity index (χ2n) is 9.03. The van der Waals surface area contributed by atoms with Crippen LogP contribution < -0.4 is 5.32 Å². The van der Waals surface area contributed by atoms with Crippen molar-refractivity contribution in [1.82, 2.24) is 19.8 Å². The van der Waals surface area contributed by atoms with Crippen LogP contribution in [-0.4, -0.2) is 46.5 Å². The van der Waals surface area contributed by atoms with Crippen LogP contribution in [0.4, 0.5) is 0 Å². The van der Waals surface area contributed by atoms with E-state index in [1.165, 1.54) is 18.4 Å². The van der Waals surface area contributed by atoms with Crippen molar-refractivity contribution >= 4 is 40.1 Å². The summed E-state index contributed by atoms with van der Waals surface area (Å²) in [7, 11) is 0. The number of hydrogen-bond acceptors (Lipinski definition) is 3. The number of halogens is 2. The van der Waals surface area contributed by atoms with E-state index < -0.39 is 0 Å². The number of carbonyl (C=O) groups is 1. The fourth-order valence-corrected chi connectivity index (χ4v) is 4.96. The van der Waals surface area contributed by atoms with E-state index in [2.05, 4.69) is 26.9 Å². The molecule has 1 aliphatic rings. The molecule has 1 fully saturated rings. The van der Waals surface area contributed by atoms with Gasteiger partial charge in [-0.05, 0) is 61.3 Å². The highest BCUT2D eigenvalue weighted by Crippen LogP contribution is 2.29. The third-order valence-electron chi connectivity index (χ3n) is 6.54. The third-order valence-corrected chi connectivity index (χ3v) is 7.27. The van der Waals surface area contributed by atoms with Gasteiger partial charge in [0.25, 0.3) is 5.91 Å². The number of fused-ring (bicyclic) bond motifs is 1. The second kappa shape index (κ2) is 10.8. The molecule has 0 bridgehead atoms. The van der Waals surface area contributed by atoms with E-state index in [9.17, 15) is 4.79 Å². The van der Waals surface area contributed by atoms with Crippen LogP contribution in [0.15, 0.2) is 66.7 Å². The molecule has 0 saturated carbocycles. The fraction of sp³-hybridized carbons (Fsp3) is 0.286. The SMILES string of the molecule is O=C(NCCN1CCCC1)c1ccc(Cn2c(Cc3ccccc3)nc3cc(Cl)c(Cl)cc32)cc1. The summed E-state index contributed by atoms with van der Waals surface area (Å²) in [6, 6.07) is 21.8. The van der Waals surface area contributed by atoms with Crippen LogP contribution in [0.25, 0.3) is 11.0 Å². The Labute approximate surface area is 215 Å². The highest BCUT2D eigenvalue weighted by Gasteiger charge is 2.15. The quantitative estimate of drug-likeness (QED) is 0.328. The molecular formula is C28H28Cl2N4O. The zero-order valence-electron chi connectivity index (χ0n) is 19.5. The number of hydrogen-bond donors (Lipinski definition) is 1. The average Bonchev–Trinajstić information content (AvgIpc) is 3.49. The van der Waals surface area contributed by atoms with Gasteiger partial charge in [0.1, 0.15) is 5.82 Å². The highest BCUT2D eigenvalue weighted by molar-refractivity contribution is 6.42. The van der Waals surface area contributed by atoms with Gasteiger partial charge in [0.15, 0.2) is 0 Å². The van der Waals surface area contributed by atoms with Gasteiger partial charge in [-0.2, -0.15) is 0 Å². The van der Waals surface area contributed by atoms with E-state index in [1.54, 1.807) is 0 Å². The summed E-state index contributed by atoms with van der Waals surface area (Å²) >= 11 is 12.6. The van der Waals surface area contributed by atoms with Gasteiger partial charge < -0.3 is 14.8 Å². The Morgan fingerprint density at radius 3 is 2.37 bits per heavy atom. The number of rotatable bonds is 8. The first-order valence-electron chi connectivity index (χ1n) is 12.0. The largest absolute Gasteiger partial charge is 0.351 e. The van der Waals surface area contributed by atoms with Crippen molar-refractivity contribution in [2.75, 3.05) is 26.2 Å². The summed E-state index contributed by atoms with van der Waals surface area (Å²) in [5.41, 5.74) is 4.69. The van der Waals surface area contributed by atoms with Gasteiger partial charge in [-0.1, -0.05) is 65.7 Å². The van der Waals surface area contributed by atoms with Crippen LogP contribution in [0.2, 0.25) is 10.0 Å². The summed E-state index contributed by atoms with van der Waals surface area (Å²) in [6.45, 7) is 4.48. The predicted molar refractivity (Wildman–Crippen MR) is 143 cm³/mol. The zero-order valence-corrected chi connectivity index (χ0v) is 21.0. The monoisotopic (exact) mass is 506 g/mol. The number of amides is 1. The Kier molecular flexibility index (Phi) is 7.37. The van der Waals surface area contributed by atoms with Gasteiger partial charge in [0.2, 0.25) is 0 Å². The molecule has 1 saturated heterocycles. The molecule has 1 N–H and O–H groups in total. The molecule has 35 heavy (non-hydrogen) atoms. The van der Waals surface area contributed by atoms with Crippen LogP contribution in [0, 0.1) is 0 Å². The van der Waals surface area contributed by atoms with Gasteiger partial charge in [-0.3, -0.25) is 4.79 Å². The number of aromatic nitrogens is 2. The van der Waals surface area contributed by atoms with Crippen molar-refractivity contribution in [2.24, 2.45) is 0 Å². The van der Waals surface area contributed by atoms with Crippen LogP contribution in [0.1, 0.15) is 40.2 Å². The number of nitrogens with zero attached hydrogens (tertiary/aromatic N) is 3. The standard InChI is InChI=1S/C28H28Cl2N4O/c29-23-17-25-26(18-24(23)30)34(27(32-25)16-20-6-2-1-3-7-20)19-21-8-10-22(11-9-21)28(35)31-12-15-33-13-4-5-14-33/h1-3,6-11,17-18H,4-5,12-16,19H2,(H,31,35). The lowest BCUT2D eigenvalue weighted by molar-refractivity contribution is 0.0949. The molecule has 5 nitrogen and oxygen atoms in total. The first kappa shape index (κ1) is 23.9. The van der Waals surface area contributed by atoms with E-state index in [4.69, 9.17) is 28.2 Å². The van der Waals surface area contributed by atoms with Crippen molar-refractivity contribution in [3.8, 4) is 0 Å². The number of likely N-dealkylation sites (tertiary alicyclic amines) is 1. The molecule has 1 amide bonds. The highest BCUT2D eigenvalue weighted by atomic mass is 35.5. The molecule has 2 heterocycles. The number of carbonyl (C=O) groups excluding carboxylic acids is 1. The molecule has 0 spiro atoms. The van der Waals surface area contributed by atoms with E-state index >= 15 is 0 Å². The minimum absolute atomic E-state index is 0.0324. The second-order valence-corrected chi connectivity index (χ2v) is 9.85. The molecule has 0 aliphatic carbocycles. The first-order valence-corrected chi connectivity index (χ1v) is 12.8. The van der Waals surface area contributed by atoms with Gasteiger partial charge in [0.05, 0.1) is 21.1 Å². The molecule has 4 aromatic rings. The summed E-state index contributed by atoms with van der Waals surface area (Å²) in [6.07, 6.45) is 3.21. The lowest BCUT2D eigenvalue weighted by Crippen LogP contribution is -2.33. The van der Waals surface area contributed by atoms with Crippen molar-refractivity contribution in [2.45, 2.75) is 25.8 Å². The van der Waals surface area contributed by atoms with E-state index in [-0.39, 0.29) is 5.91 Å². The normalized spacial score (nSPS) is 14.0. The molecular weight excluding hydrogens is 479 g/mol. The van der Waals surface area contributed by atoms with Gasteiger partial charge in [-0.15, -0.1) is 0 Å². The molecule has 3 aromatic carbocycles. The number of benzene rings is 3. The van der Waals surface area contributed by atoms with E-state index in [0.717, 1.165) is 42.1 Å². The summed E-state index contributed by atoms with van der Waals surface area (Å²) in [5.74, 6) is 0.906. The lowest BCUT2D eigenvalue weighted by Gasteiger charge is -2.15. The maximum Gasteiger partial charge on any atom is 0.251 e. The topological polar surface area (TPSA) is 50.2 Å². The smallest absolute Gasteiger partial charge is 0.251 e. The summed E-state index contributed by atoms with van der Waals surface area (Å²) in [4.78, 5) is 19.8. The Morgan fingerprint density at radius 1 is 0.914 bits per heavy atom. The van der Waals surface area contributed by atoms with E-state index in [1.807, 2.05) is 54.6 Å². The number of imidazole rings is 1.